The van der Waals surface area contributed by atoms with E-state index in [0.29, 0.717) is 6.42 Å². The van der Waals surface area contributed by atoms with Crippen molar-refractivity contribution in [3.63, 3.8) is 0 Å². The normalized spacial score (nSPS) is 10.7. The molecule has 0 saturated heterocycles. The third kappa shape index (κ3) is 3.55. The average molecular weight is 257 g/mol. The van der Waals surface area contributed by atoms with Gasteiger partial charge >= 0.3 is 0 Å². The van der Waals surface area contributed by atoms with Gasteiger partial charge in [-0.05, 0) is 56.2 Å². The van der Waals surface area contributed by atoms with Gasteiger partial charge in [-0.2, -0.15) is 0 Å². The van der Waals surface area contributed by atoms with Crippen molar-refractivity contribution in [2.75, 3.05) is 6.61 Å². The Morgan fingerprint density at radius 2 is 1.89 bits per heavy atom. The molecule has 1 N–H and O–H groups in total. The first-order chi connectivity index (χ1) is 9.20. The van der Waals surface area contributed by atoms with E-state index in [2.05, 4.69) is 4.98 Å². The van der Waals surface area contributed by atoms with Gasteiger partial charge in [0.25, 0.3) is 0 Å². The van der Waals surface area contributed by atoms with Crippen LogP contribution >= 0.6 is 0 Å². The first kappa shape index (κ1) is 13.6. The highest BCUT2D eigenvalue weighted by Crippen LogP contribution is 2.24. The third-order valence-corrected chi connectivity index (χ3v) is 2.77. The number of pyridine rings is 1. The zero-order chi connectivity index (χ0) is 13.7. The Hall–Kier alpha value is -1.87. The van der Waals surface area contributed by atoms with Crippen molar-refractivity contribution >= 4 is 0 Å². The molecule has 2 rings (SSSR count). The molecule has 0 radical (unpaired) electrons. The smallest absolute Gasteiger partial charge is 0.119 e. The SMILES string of the molecule is CC(C)Oc1ccc(-c2ncccc2CCO)cc1. The van der Waals surface area contributed by atoms with Gasteiger partial charge in [-0.25, -0.2) is 0 Å². The van der Waals surface area contributed by atoms with E-state index in [0.717, 1.165) is 22.6 Å². The molecule has 0 amide bonds. The largest absolute Gasteiger partial charge is 0.491 e. The number of nitrogens with zero attached hydrogens (tertiary/aromatic N) is 1. The van der Waals surface area contributed by atoms with Gasteiger partial charge in [0.15, 0.2) is 0 Å². The summed E-state index contributed by atoms with van der Waals surface area (Å²) in [6.45, 7) is 4.14. The summed E-state index contributed by atoms with van der Waals surface area (Å²) in [5, 5.41) is 9.09. The number of ether oxygens (including phenoxy) is 1. The Labute approximate surface area is 113 Å². The molecular weight excluding hydrogens is 238 g/mol. The molecule has 1 aromatic carbocycles. The van der Waals surface area contributed by atoms with Crippen molar-refractivity contribution in [3.8, 4) is 17.0 Å². The molecule has 0 fully saturated rings. The van der Waals surface area contributed by atoms with Gasteiger partial charge in [0.1, 0.15) is 5.75 Å². The molecule has 2 aromatic rings. The maximum atomic E-state index is 9.09. The number of aliphatic hydroxyl groups excluding tert-OH is 1. The van der Waals surface area contributed by atoms with E-state index < -0.39 is 0 Å². The summed E-state index contributed by atoms with van der Waals surface area (Å²) in [6.07, 6.45) is 2.56. The van der Waals surface area contributed by atoms with Gasteiger partial charge in [0, 0.05) is 18.4 Å². The van der Waals surface area contributed by atoms with Crippen LogP contribution in [0.25, 0.3) is 11.3 Å². The summed E-state index contributed by atoms with van der Waals surface area (Å²) in [5.74, 6) is 0.860. The molecule has 3 nitrogen and oxygen atoms in total. The highest BCUT2D eigenvalue weighted by atomic mass is 16.5. The van der Waals surface area contributed by atoms with Crippen molar-refractivity contribution in [1.82, 2.24) is 4.98 Å². The number of rotatable bonds is 5. The van der Waals surface area contributed by atoms with Crippen LogP contribution in [0.1, 0.15) is 19.4 Å². The van der Waals surface area contributed by atoms with Crippen LogP contribution in [-0.2, 0) is 6.42 Å². The van der Waals surface area contributed by atoms with Crippen molar-refractivity contribution < 1.29 is 9.84 Å². The fourth-order valence-corrected chi connectivity index (χ4v) is 1.98. The second-order valence-corrected chi connectivity index (χ2v) is 4.68. The molecule has 3 heteroatoms. The van der Waals surface area contributed by atoms with Crippen LogP contribution in [0.2, 0.25) is 0 Å². The summed E-state index contributed by atoms with van der Waals surface area (Å²) < 4.78 is 5.62. The second kappa shape index (κ2) is 6.34. The summed E-state index contributed by atoms with van der Waals surface area (Å²) in [7, 11) is 0. The number of aromatic nitrogens is 1. The minimum atomic E-state index is 0.132. The molecule has 1 heterocycles. The summed E-state index contributed by atoms with van der Waals surface area (Å²) in [5.41, 5.74) is 3.02. The molecular formula is C16H19NO2. The molecule has 0 saturated carbocycles. The lowest BCUT2D eigenvalue weighted by Crippen LogP contribution is -2.05. The summed E-state index contributed by atoms with van der Waals surface area (Å²) in [6, 6.07) is 11.8. The highest BCUT2D eigenvalue weighted by Gasteiger charge is 2.06. The Balaban J connectivity index is 2.27. The lowest BCUT2D eigenvalue weighted by Gasteiger charge is -2.11. The van der Waals surface area contributed by atoms with E-state index >= 15 is 0 Å². The quantitative estimate of drug-likeness (QED) is 0.895. The van der Waals surface area contributed by atoms with Gasteiger partial charge in [-0.15, -0.1) is 0 Å². The zero-order valence-electron chi connectivity index (χ0n) is 11.3. The lowest BCUT2D eigenvalue weighted by molar-refractivity contribution is 0.242. The van der Waals surface area contributed by atoms with Gasteiger partial charge in [-0.3, -0.25) is 4.98 Å². The molecule has 1 aromatic heterocycles. The first-order valence-corrected chi connectivity index (χ1v) is 6.52. The molecule has 0 aliphatic carbocycles. The van der Waals surface area contributed by atoms with Gasteiger partial charge < -0.3 is 9.84 Å². The number of aliphatic hydroxyl groups is 1. The Bertz CT molecular complexity index is 521. The maximum absolute atomic E-state index is 9.09. The van der Waals surface area contributed by atoms with Crippen molar-refractivity contribution in [1.29, 1.82) is 0 Å². The lowest BCUT2D eigenvalue weighted by atomic mass is 10.0. The van der Waals surface area contributed by atoms with Crippen LogP contribution in [0.4, 0.5) is 0 Å². The second-order valence-electron chi connectivity index (χ2n) is 4.68. The minimum absolute atomic E-state index is 0.132. The molecule has 0 unspecified atom stereocenters. The molecule has 0 spiro atoms. The van der Waals surface area contributed by atoms with Gasteiger partial charge in [0.05, 0.1) is 11.8 Å². The van der Waals surface area contributed by atoms with Crippen molar-refractivity contribution in [3.05, 3.63) is 48.2 Å². The summed E-state index contributed by atoms with van der Waals surface area (Å²) in [4.78, 5) is 4.41. The Morgan fingerprint density at radius 3 is 2.53 bits per heavy atom. The fraction of sp³-hybridized carbons (Fsp3) is 0.312. The Kier molecular flexibility index (Phi) is 4.53. The topological polar surface area (TPSA) is 42.4 Å². The van der Waals surface area contributed by atoms with E-state index in [4.69, 9.17) is 9.84 Å². The van der Waals surface area contributed by atoms with Crippen molar-refractivity contribution in [2.45, 2.75) is 26.4 Å². The van der Waals surface area contributed by atoms with Gasteiger partial charge in [0.2, 0.25) is 0 Å². The van der Waals surface area contributed by atoms with Crippen LogP contribution in [0.3, 0.4) is 0 Å². The fourth-order valence-electron chi connectivity index (χ4n) is 1.98. The van der Waals surface area contributed by atoms with E-state index in [9.17, 15) is 0 Å². The molecule has 100 valence electrons. The molecule has 0 aliphatic heterocycles. The van der Waals surface area contributed by atoms with E-state index in [1.54, 1.807) is 6.20 Å². The zero-order valence-corrected chi connectivity index (χ0v) is 11.3. The third-order valence-electron chi connectivity index (χ3n) is 2.77. The van der Waals surface area contributed by atoms with Crippen LogP contribution in [0.5, 0.6) is 5.75 Å². The maximum Gasteiger partial charge on any atom is 0.119 e. The standard InChI is InChI=1S/C16H19NO2/c1-12(2)19-15-7-5-14(6-8-15)16-13(9-11-18)4-3-10-17-16/h3-8,10,12,18H,9,11H2,1-2H3. The van der Waals surface area contributed by atoms with Crippen LogP contribution in [0, 0.1) is 0 Å². The van der Waals surface area contributed by atoms with E-state index in [1.165, 1.54) is 0 Å². The highest BCUT2D eigenvalue weighted by molar-refractivity contribution is 5.63. The Morgan fingerprint density at radius 1 is 1.16 bits per heavy atom. The minimum Gasteiger partial charge on any atom is -0.491 e. The predicted molar refractivity (Wildman–Crippen MR) is 76.2 cm³/mol. The monoisotopic (exact) mass is 257 g/mol. The molecule has 0 aliphatic rings. The number of hydrogen-bond acceptors (Lipinski definition) is 3. The average Bonchev–Trinajstić information content (AvgIpc) is 2.40. The molecule has 0 atom stereocenters. The summed E-state index contributed by atoms with van der Waals surface area (Å²) >= 11 is 0. The van der Waals surface area contributed by atoms with Crippen LogP contribution in [-0.4, -0.2) is 22.8 Å². The van der Waals surface area contributed by atoms with Crippen molar-refractivity contribution in [2.24, 2.45) is 0 Å². The van der Waals surface area contributed by atoms with Crippen LogP contribution in [0.15, 0.2) is 42.6 Å². The van der Waals surface area contributed by atoms with E-state index in [-0.39, 0.29) is 12.7 Å². The predicted octanol–water partition coefficient (Wildman–Crippen LogP) is 3.07. The first-order valence-electron chi connectivity index (χ1n) is 6.52. The number of hydrogen-bond donors (Lipinski definition) is 1. The van der Waals surface area contributed by atoms with Crippen LogP contribution < -0.4 is 4.74 Å². The number of benzene rings is 1. The molecule has 0 bridgehead atoms. The molecule has 19 heavy (non-hydrogen) atoms. The van der Waals surface area contributed by atoms with Gasteiger partial charge in [-0.1, -0.05) is 6.07 Å². The van der Waals surface area contributed by atoms with E-state index in [1.807, 2.05) is 50.2 Å².